The van der Waals surface area contributed by atoms with Gasteiger partial charge in [0.1, 0.15) is 11.4 Å². The Morgan fingerprint density at radius 1 is 1.13 bits per heavy atom. The number of carbonyl (C=O) groups is 2. The Hall–Kier alpha value is -3.49. The second kappa shape index (κ2) is 7.33. The summed E-state index contributed by atoms with van der Waals surface area (Å²) in [5, 5.41) is 10.1. The first-order chi connectivity index (χ1) is 14.6. The summed E-state index contributed by atoms with van der Waals surface area (Å²) >= 11 is 0. The second-order valence-corrected chi connectivity index (χ2v) is 7.78. The number of aromatic nitrogens is 1. The average Bonchev–Trinajstić information content (AvgIpc) is 3.02. The number of nitrogens with zero attached hydrogens (tertiary/aromatic N) is 1. The largest absolute Gasteiger partial charge is 0.573 e. The van der Waals surface area contributed by atoms with Gasteiger partial charge in [-0.25, -0.2) is 0 Å². The van der Waals surface area contributed by atoms with Crippen LogP contribution < -0.4 is 10.5 Å². The summed E-state index contributed by atoms with van der Waals surface area (Å²) in [6, 6.07) is 12.2. The van der Waals surface area contributed by atoms with Crippen LogP contribution >= 0.6 is 0 Å². The Balaban J connectivity index is 1.81. The SMILES string of the molecule is NC(=O)c1cc2ccc(OC(F)(F)F)cc2n1-c1cccc(CC2(C(=O)O)CCC2)c1. The number of ether oxygens (including phenoxy) is 1. The van der Waals surface area contributed by atoms with Gasteiger partial charge in [0, 0.05) is 17.1 Å². The van der Waals surface area contributed by atoms with Crippen LogP contribution in [0.3, 0.4) is 0 Å². The van der Waals surface area contributed by atoms with Crippen LogP contribution in [0, 0.1) is 5.41 Å². The maximum Gasteiger partial charge on any atom is 0.573 e. The molecule has 3 aromatic rings. The molecule has 2 aromatic carbocycles. The van der Waals surface area contributed by atoms with Crippen molar-refractivity contribution in [1.29, 1.82) is 0 Å². The fraction of sp³-hybridized carbons (Fsp3) is 0.273. The predicted molar refractivity (Wildman–Crippen MR) is 106 cm³/mol. The molecule has 162 valence electrons. The van der Waals surface area contributed by atoms with Crippen LogP contribution in [0.25, 0.3) is 16.6 Å². The fourth-order valence-electron chi connectivity index (χ4n) is 4.10. The van der Waals surface area contributed by atoms with E-state index in [1.807, 2.05) is 0 Å². The van der Waals surface area contributed by atoms with Gasteiger partial charge in [-0.3, -0.25) is 9.59 Å². The van der Waals surface area contributed by atoms with Gasteiger partial charge in [0.2, 0.25) is 0 Å². The number of amides is 1. The molecule has 0 spiro atoms. The van der Waals surface area contributed by atoms with E-state index >= 15 is 0 Å². The molecule has 4 rings (SSSR count). The summed E-state index contributed by atoms with van der Waals surface area (Å²) in [6.07, 6.45) is -2.51. The van der Waals surface area contributed by atoms with Gasteiger partial charge in [0.25, 0.3) is 5.91 Å². The lowest BCUT2D eigenvalue weighted by Crippen LogP contribution is -2.39. The van der Waals surface area contributed by atoms with Gasteiger partial charge < -0.3 is 20.1 Å². The fourth-order valence-corrected chi connectivity index (χ4v) is 4.10. The summed E-state index contributed by atoms with van der Waals surface area (Å²) in [7, 11) is 0. The van der Waals surface area contributed by atoms with E-state index in [0.717, 1.165) is 18.1 Å². The summed E-state index contributed by atoms with van der Waals surface area (Å²) in [6.45, 7) is 0. The van der Waals surface area contributed by atoms with Crippen LogP contribution in [0.2, 0.25) is 0 Å². The molecule has 0 atom stereocenters. The van der Waals surface area contributed by atoms with E-state index in [4.69, 9.17) is 5.73 Å². The molecule has 1 saturated carbocycles. The third-order valence-corrected chi connectivity index (χ3v) is 5.74. The number of halogens is 3. The molecule has 1 aliphatic rings. The van der Waals surface area contributed by atoms with Crippen molar-refractivity contribution in [2.45, 2.75) is 32.0 Å². The predicted octanol–water partition coefficient (Wildman–Crippen LogP) is 4.43. The van der Waals surface area contributed by atoms with E-state index in [2.05, 4.69) is 4.74 Å². The first kappa shape index (κ1) is 20.8. The zero-order chi connectivity index (χ0) is 22.4. The number of primary amides is 1. The van der Waals surface area contributed by atoms with Gasteiger partial charge in [-0.05, 0) is 55.2 Å². The van der Waals surface area contributed by atoms with Gasteiger partial charge >= 0.3 is 12.3 Å². The Bertz CT molecular complexity index is 1180. The molecule has 0 bridgehead atoms. The molecule has 0 radical (unpaired) electrons. The van der Waals surface area contributed by atoms with Crippen LogP contribution in [0.5, 0.6) is 5.75 Å². The van der Waals surface area contributed by atoms with Crippen molar-refractivity contribution in [3.63, 3.8) is 0 Å². The van der Waals surface area contributed by atoms with Crippen LogP contribution in [-0.4, -0.2) is 27.9 Å². The molecule has 1 heterocycles. The molecule has 1 aliphatic carbocycles. The Morgan fingerprint density at radius 3 is 2.45 bits per heavy atom. The first-order valence-electron chi connectivity index (χ1n) is 9.62. The van der Waals surface area contributed by atoms with E-state index in [1.54, 1.807) is 24.3 Å². The highest BCUT2D eigenvalue weighted by Crippen LogP contribution is 2.44. The van der Waals surface area contributed by atoms with Gasteiger partial charge in [-0.2, -0.15) is 0 Å². The standard InChI is InChI=1S/C22H19F3N2O4/c23-22(24,25)31-16-6-5-14-10-18(19(26)28)27(17(14)11-16)15-4-1-3-13(9-15)12-21(20(29)30)7-2-8-21/h1,3-6,9-11H,2,7-8,12H2,(H2,26,28)(H,29,30). The van der Waals surface area contributed by atoms with Crippen molar-refractivity contribution in [3.8, 4) is 11.4 Å². The number of aliphatic carboxylic acids is 1. The number of carboxylic acids is 1. The molecule has 1 aromatic heterocycles. The molecule has 0 aliphatic heterocycles. The minimum atomic E-state index is -4.86. The summed E-state index contributed by atoms with van der Waals surface area (Å²) in [5.74, 6) is -2.02. The highest BCUT2D eigenvalue weighted by Gasteiger charge is 2.44. The zero-order valence-electron chi connectivity index (χ0n) is 16.3. The lowest BCUT2D eigenvalue weighted by molar-refractivity contribution is -0.274. The molecule has 0 unspecified atom stereocenters. The number of fused-ring (bicyclic) bond motifs is 1. The monoisotopic (exact) mass is 432 g/mol. The smallest absolute Gasteiger partial charge is 0.481 e. The van der Waals surface area contributed by atoms with Crippen molar-refractivity contribution < 1.29 is 32.6 Å². The van der Waals surface area contributed by atoms with E-state index in [-0.39, 0.29) is 5.69 Å². The second-order valence-electron chi connectivity index (χ2n) is 7.78. The number of alkyl halides is 3. The minimum Gasteiger partial charge on any atom is -0.481 e. The van der Waals surface area contributed by atoms with Crippen molar-refractivity contribution in [2.75, 3.05) is 0 Å². The molecule has 1 amide bonds. The molecule has 3 N–H and O–H groups in total. The Kier molecular flexibility index (Phi) is 4.91. The maximum absolute atomic E-state index is 12.7. The van der Waals surface area contributed by atoms with E-state index < -0.39 is 29.4 Å². The topological polar surface area (TPSA) is 94.6 Å². The molecule has 1 fully saturated rings. The van der Waals surface area contributed by atoms with E-state index in [1.165, 1.54) is 22.8 Å². The third kappa shape index (κ3) is 3.95. The number of nitrogens with two attached hydrogens (primary N) is 1. The summed E-state index contributed by atoms with van der Waals surface area (Å²) in [5.41, 5.74) is 6.35. The number of hydrogen-bond donors (Lipinski definition) is 2. The summed E-state index contributed by atoms with van der Waals surface area (Å²) in [4.78, 5) is 23.8. The molecule has 0 saturated heterocycles. The quantitative estimate of drug-likeness (QED) is 0.603. The number of benzene rings is 2. The van der Waals surface area contributed by atoms with Gasteiger partial charge in [-0.15, -0.1) is 13.2 Å². The highest BCUT2D eigenvalue weighted by atomic mass is 19.4. The number of carbonyl (C=O) groups excluding carboxylic acids is 1. The van der Waals surface area contributed by atoms with Crippen LogP contribution in [0.15, 0.2) is 48.5 Å². The highest BCUT2D eigenvalue weighted by molar-refractivity contribution is 5.99. The van der Waals surface area contributed by atoms with Gasteiger partial charge in [-0.1, -0.05) is 18.6 Å². The van der Waals surface area contributed by atoms with Crippen molar-refractivity contribution in [2.24, 2.45) is 11.1 Å². The Labute approximate surface area is 175 Å². The van der Waals surface area contributed by atoms with Gasteiger partial charge in [0.05, 0.1) is 10.9 Å². The first-order valence-corrected chi connectivity index (χ1v) is 9.62. The maximum atomic E-state index is 12.7. The van der Waals surface area contributed by atoms with E-state index in [9.17, 15) is 27.9 Å². The average molecular weight is 432 g/mol. The molecular weight excluding hydrogens is 413 g/mol. The molecule has 31 heavy (non-hydrogen) atoms. The number of hydrogen-bond acceptors (Lipinski definition) is 3. The molecular formula is C22H19F3N2O4. The Morgan fingerprint density at radius 2 is 1.87 bits per heavy atom. The third-order valence-electron chi connectivity index (χ3n) is 5.74. The normalized spacial score (nSPS) is 15.5. The minimum absolute atomic E-state index is 0.0906. The zero-order valence-corrected chi connectivity index (χ0v) is 16.3. The van der Waals surface area contributed by atoms with Gasteiger partial charge in [0.15, 0.2) is 0 Å². The lowest BCUT2D eigenvalue weighted by atomic mass is 9.65. The van der Waals surface area contributed by atoms with Crippen LogP contribution in [0.4, 0.5) is 13.2 Å². The van der Waals surface area contributed by atoms with E-state index in [0.29, 0.717) is 35.9 Å². The number of carboxylic acid groups (broad SMARTS) is 1. The van der Waals surface area contributed by atoms with Crippen LogP contribution in [-0.2, 0) is 11.2 Å². The van der Waals surface area contributed by atoms with Crippen molar-refractivity contribution in [1.82, 2.24) is 4.57 Å². The molecule has 9 heteroatoms. The number of rotatable bonds is 6. The molecule has 6 nitrogen and oxygen atoms in total. The van der Waals surface area contributed by atoms with Crippen LogP contribution in [0.1, 0.15) is 35.3 Å². The van der Waals surface area contributed by atoms with Crippen molar-refractivity contribution in [3.05, 3.63) is 59.8 Å². The summed E-state index contributed by atoms with van der Waals surface area (Å²) < 4.78 is 43.5. The van der Waals surface area contributed by atoms with Crippen molar-refractivity contribution >= 4 is 22.8 Å². The lowest BCUT2D eigenvalue weighted by Gasteiger charge is -2.37.